The first-order valence-corrected chi connectivity index (χ1v) is 11.4. The molecular weight excluding hydrogens is 421 g/mol. The summed E-state index contributed by atoms with van der Waals surface area (Å²) >= 11 is 0. The standard InChI is InChI=1S/C22H24FN3O4S/c1-24-8-10-26(11-9-24)20-13-19-17(12-18(20)23)22(27)21(14-25(19)2)31(28,29)16-6-4-15(30-3)5-7-16/h4-7,12-14H,8-11H2,1-3H3. The Bertz CT molecular complexity index is 1300. The van der Waals surface area contributed by atoms with Crippen LogP contribution in [0.3, 0.4) is 0 Å². The van der Waals surface area contributed by atoms with Gasteiger partial charge in [-0.2, -0.15) is 0 Å². The molecular formula is C22H24FN3O4S. The highest BCUT2D eigenvalue weighted by atomic mass is 32.2. The number of hydrogen-bond donors (Lipinski definition) is 0. The van der Waals surface area contributed by atoms with Crippen LogP contribution in [0.5, 0.6) is 5.75 Å². The van der Waals surface area contributed by atoms with Crippen LogP contribution in [0.1, 0.15) is 0 Å². The molecule has 1 aliphatic rings. The van der Waals surface area contributed by atoms with Gasteiger partial charge in [-0.3, -0.25) is 4.79 Å². The van der Waals surface area contributed by atoms with Crippen molar-refractivity contribution in [1.29, 1.82) is 0 Å². The number of benzene rings is 2. The fraction of sp³-hybridized carbons (Fsp3) is 0.318. The normalized spacial score (nSPS) is 15.4. The first-order valence-electron chi connectivity index (χ1n) is 9.88. The lowest BCUT2D eigenvalue weighted by atomic mass is 10.1. The first kappa shape index (κ1) is 21.3. The number of pyridine rings is 1. The molecule has 7 nitrogen and oxygen atoms in total. The molecule has 0 radical (unpaired) electrons. The maximum atomic E-state index is 15.0. The Hall–Kier alpha value is -2.91. The van der Waals surface area contributed by atoms with Gasteiger partial charge >= 0.3 is 0 Å². The Balaban J connectivity index is 1.83. The van der Waals surface area contributed by atoms with Gasteiger partial charge in [0.15, 0.2) is 0 Å². The summed E-state index contributed by atoms with van der Waals surface area (Å²) in [5, 5.41) is 0.0347. The average molecular weight is 446 g/mol. The molecule has 1 fully saturated rings. The van der Waals surface area contributed by atoms with Crippen molar-refractivity contribution in [3.8, 4) is 5.75 Å². The van der Waals surface area contributed by atoms with E-state index in [1.54, 1.807) is 17.7 Å². The smallest absolute Gasteiger partial charge is 0.211 e. The molecule has 3 aromatic rings. The zero-order valence-electron chi connectivity index (χ0n) is 17.6. The molecule has 2 heterocycles. The van der Waals surface area contributed by atoms with Gasteiger partial charge in [-0.05, 0) is 43.4 Å². The molecule has 0 N–H and O–H groups in total. The number of methoxy groups -OCH3 is 1. The molecule has 1 aromatic heterocycles. The highest BCUT2D eigenvalue weighted by Gasteiger charge is 2.25. The van der Waals surface area contributed by atoms with E-state index in [1.807, 2.05) is 11.9 Å². The molecule has 0 aliphatic carbocycles. The van der Waals surface area contributed by atoms with Crippen LogP contribution < -0.4 is 15.1 Å². The molecule has 31 heavy (non-hydrogen) atoms. The Labute approximate surface area is 180 Å². The Morgan fingerprint density at radius 3 is 2.26 bits per heavy atom. The van der Waals surface area contributed by atoms with Crippen LogP contribution in [0.25, 0.3) is 10.9 Å². The van der Waals surface area contributed by atoms with Crippen molar-refractivity contribution in [2.75, 3.05) is 45.2 Å². The summed E-state index contributed by atoms with van der Waals surface area (Å²) in [5.41, 5.74) is 0.183. The maximum Gasteiger partial charge on any atom is 0.211 e. The fourth-order valence-electron chi connectivity index (χ4n) is 3.82. The third kappa shape index (κ3) is 3.79. The van der Waals surface area contributed by atoms with E-state index in [4.69, 9.17) is 4.74 Å². The monoisotopic (exact) mass is 445 g/mol. The molecule has 1 aliphatic heterocycles. The summed E-state index contributed by atoms with van der Waals surface area (Å²) in [6, 6.07) is 8.57. The Kier molecular flexibility index (Phi) is 5.49. The van der Waals surface area contributed by atoms with Gasteiger partial charge in [-0.1, -0.05) is 0 Å². The number of aromatic nitrogens is 1. The third-order valence-corrected chi connectivity index (χ3v) is 7.49. The summed E-state index contributed by atoms with van der Waals surface area (Å²) in [5.74, 6) is -0.0305. The van der Waals surface area contributed by atoms with Crippen LogP contribution in [0.2, 0.25) is 0 Å². The van der Waals surface area contributed by atoms with E-state index in [0.29, 0.717) is 30.0 Å². The second kappa shape index (κ2) is 7.97. The van der Waals surface area contributed by atoms with Crippen LogP contribution in [0.15, 0.2) is 57.2 Å². The molecule has 0 spiro atoms. The van der Waals surface area contributed by atoms with Gasteiger partial charge in [-0.25, -0.2) is 12.8 Å². The van der Waals surface area contributed by atoms with Gasteiger partial charge in [0.1, 0.15) is 16.5 Å². The summed E-state index contributed by atoms with van der Waals surface area (Å²) in [7, 11) is 1.06. The van der Waals surface area contributed by atoms with Crippen molar-refractivity contribution >= 4 is 26.4 Å². The first-order chi connectivity index (χ1) is 14.7. The van der Waals surface area contributed by atoms with E-state index in [9.17, 15) is 17.6 Å². The maximum absolute atomic E-state index is 15.0. The lowest BCUT2D eigenvalue weighted by molar-refractivity contribution is 0.312. The topological polar surface area (TPSA) is 71.9 Å². The zero-order chi connectivity index (χ0) is 22.3. The minimum Gasteiger partial charge on any atom is -0.497 e. The molecule has 0 saturated carbocycles. The van der Waals surface area contributed by atoms with E-state index in [-0.39, 0.29) is 15.2 Å². The van der Waals surface area contributed by atoms with Crippen LogP contribution in [-0.4, -0.2) is 58.2 Å². The van der Waals surface area contributed by atoms with Gasteiger partial charge in [0.2, 0.25) is 15.3 Å². The Morgan fingerprint density at radius 2 is 1.65 bits per heavy atom. The molecule has 0 unspecified atom stereocenters. The summed E-state index contributed by atoms with van der Waals surface area (Å²) in [6.07, 6.45) is 1.30. The van der Waals surface area contributed by atoms with E-state index in [2.05, 4.69) is 4.90 Å². The number of hydrogen-bond acceptors (Lipinski definition) is 6. The van der Waals surface area contributed by atoms with Gasteiger partial charge in [0, 0.05) is 39.4 Å². The van der Waals surface area contributed by atoms with Crippen LogP contribution in [0, 0.1) is 5.82 Å². The molecule has 9 heteroatoms. The van der Waals surface area contributed by atoms with Gasteiger partial charge in [-0.15, -0.1) is 0 Å². The zero-order valence-corrected chi connectivity index (χ0v) is 18.4. The molecule has 1 saturated heterocycles. The molecule has 0 atom stereocenters. The van der Waals surface area contributed by atoms with Gasteiger partial charge < -0.3 is 19.1 Å². The number of fused-ring (bicyclic) bond motifs is 1. The second-order valence-electron chi connectivity index (χ2n) is 7.72. The van der Waals surface area contributed by atoms with Gasteiger partial charge in [0.05, 0.1) is 28.6 Å². The highest BCUT2D eigenvalue weighted by Crippen LogP contribution is 2.28. The van der Waals surface area contributed by atoms with Crippen molar-refractivity contribution in [3.05, 3.63) is 58.6 Å². The number of likely N-dealkylation sites (N-methyl/N-ethyl adjacent to an activating group) is 1. The fourth-order valence-corrected chi connectivity index (χ4v) is 5.22. The van der Waals surface area contributed by atoms with Crippen molar-refractivity contribution in [3.63, 3.8) is 0 Å². The molecule has 4 rings (SSSR count). The van der Waals surface area contributed by atoms with Crippen molar-refractivity contribution < 1.29 is 17.5 Å². The minimum absolute atomic E-state index is 0.0284. The number of ether oxygens (including phenoxy) is 1. The number of nitrogens with zero attached hydrogens (tertiary/aromatic N) is 3. The number of halogens is 1. The number of anilines is 1. The number of aryl methyl sites for hydroxylation is 1. The highest BCUT2D eigenvalue weighted by molar-refractivity contribution is 7.91. The number of sulfone groups is 1. The molecule has 2 aromatic carbocycles. The SMILES string of the molecule is COc1ccc(S(=O)(=O)c2cn(C)c3cc(N4CCN(C)CC4)c(F)cc3c2=O)cc1. The predicted octanol–water partition coefficient (Wildman–Crippen LogP) is 2.27. The summed E-state index contributed by atoms with van der Waals surface area (Å²) < 4.78 is 47.8. The Morgan fingerprint density at radius 1 is 1.00 bits per heavy atom. The van der Waals surface area contributed by atoms with E-state index in [1.165, 1.54) is 37.6 Å². The van der Waals surface area contributed by atoms with Crippen molar-refractivity contribution in [2.45, 2.75) is 9.79 Å². The van der Waals surface area contributed by atoms with Crippen LogP contribution >= 0.6 is 0 Å². The van der Waals surface area contributed by atoms with E-state index < -0.39 is 21.1 Å². The third-order valence-electron chi connectivity index (χ3n) is 5.73. The lowest BCUT2D eigenvalue weighted by Gasteiger charge is -2.34. The number of piperazine rings is 1. The predicted molar refractivity (Wildman–Crippen MR) is 117 cm³/mol. The van der Waals surface area contributed by atoms with Crippen molar-refractivity contribution in [1.82, 2.24) is 9.47 Å². The minimum atomic E-state index is -4.09. The largest absolute Gasteiger partial charge is 0.497 e. The van der Waals surface area contributed by atoms with E-state index >= 15 is 0 Å². The summed E-state index contributed by atoms with van der Waals surface area (Å²) in [4.78, 5) is 16.8. The van der Waals surface area contributed by atoms with Crippen molar-refractivity contribution in [2.24, 2.45) is 7.05 Å². The quantitative estimate of drug-likeness (QED) is 0.614. The second-order valence-corrected chi connectivity index (χ2v) is 9.64. The van der Waals surface area contributed by atoms with E-state index in [0.717, 1.165) is 19.2 Å². The summed E-state index contributed by atoms with van der Waals surface area (Å²) in [6.45, 7) is 2.98. The van der Waals surface area contributed by atoms with Crippen LogP contribution in [-0.2, 0) is 16.9 Å². The molecule has 164 valence electrons. The van der Waals surface area contributed by atoms with Crippen LogP contribution in [0.4, 0.5) is 10.1 Å². The average Bonchev–Trinajstić information content (AvgIpc) is 2.76. The molecule has 0 amide bonds. The lowest BCUT2D eigenvalue weighted by Crippen LogP contribution is -2.44. The van der Waals surface area contributed by atoms with Gasteiger partial charge in [0.25, 0.3) is 0 Å². The molecule has 0 bridgehead atoms. The number of rotatable bonds is 4.